The van der Waals surface area contributed by atoms with Gasteiger partial charge < -0.3 is 4.74 Å². The average molecular weight is 265 g/mol. The van der Waals surface area contributed by atoms with Gasteiger partial charge in [-0.2, -0.15) is 0 Å². The molecule has 3 rings (SSSR count). The SMILES string of the molecule is ClC1=C(C2=CC=CC2)Oc2ccccc2C1Cl. The van der Waals surface area contributed by atoms with Gasteiger partial charge in [0.15, 0.2) is 0 Å². The highest BCUT2D eigenvalue weighted by atomic mass is 35.5. The Hall–Kier alpha value is -1.18. The van der Waals surface area contributed by atoms with Gasteiger partial charge >= 0.3 is 0 Å². The number of hydrogen-bond acceptors (Lipinski definition) is 1. The highest BCUT2D eigenvalue weighted by Gasteiger charge is 2.28. The number of hydrogen-bond donors (Lipinski definition) is 0. The predicted octanol–water partition coefficient (Wildman–Crippen LogP) is 4.70. The zero-order valence-corrected chi connectivity index (χ0v) is 10.5. The molecule has 0 saturated heterocycles. The van der Waals surface area contributed by atoms with E-state index in [1.807, 2.05) is 36.4 Å². The van der Waals surface area contributed by atoms with E-state index in [9.17, 15) is 0 Å². The van der Waals surface area contributed by atoms with Crippen molar-refractivity contribution in [2.75, 3.05) is 0 Å². The van der Waals surface area contributed by atoms with Crippen LogP contribution >= 0.6 is 23.2 Å². The first-order chi connectivity index (χ1) is 8.27. The molecule has 0 saturated carbocycles. The molecule has 0 N–H and O–H groups in total. The lowest BCUT2D eigenvalue weighted by Crippen LogP contribution is -2.11. The normalized spacial score (nSPS) is 22.2. The van der Waals surface area contributed by atoms with Crippen LogP contribution < -0.4 is 4.74 Å². The van der Waals surface area contributed by atoms with Gasteiger partial charge in [-0.15, -0.1) is 11.6 Å². The van der Waals surface area contributed by atoms with Gasteiger partial charge in [0, 0.05) is 5.56 Å². The molecule has 17 heavy (non-hydrogen) atoms. The number of para-hydroxylation sites is 1. The third-order valence-electron chi connectivity index (χ3n) is 2.91. The molecule has 1 unspecified atom stereocenters. The first-order valence-corrected chi connectivity index (χ1v) is 6.25. The maximum Gasteiger partial charge on any atom is 0.147 e. The molecule has 2 aliphatic rings. The number of allylic oxidation sites excluding steroid dienone is 5. The Kier molecular flexibility index (Phi) is 2.73. The average Bonchev–Trinajstić information content (AvgIpc) is 2.87. The van der Waals surface area contributed by atoms with Gasteiger partial charge in [-0.25, -0.2) is 0 Å². The van der Waals surface area contributed by atoms with Crippen LogP contribution in [0.25, 0.3) is 0 Å². The first-order valence-electron chi connectivity index (χ1n) is 5.44. The van der Waals surface area contributed by atoms with E-state index in [4.69, 9.17) is 27.9 Å². The highest BCUT2D eigenvalue weighted by molar-refractivity contribution is 6.38. The summed E-state index contributed by atoms with van der Waals surface area (Å²) < 4.78 is 5.85. The van der Waals surface area contributed by atoms with Crippen molar-refractivity contribution in [1.82, 2.24) is 0 Å². The highest BCUT2D eigenvalue weighted by Crippen LogP contribution is 2.45. The summed E-state index contributed by atoms with van der Waals surface area (Å²) >= 11 is 12.6. The van der Waals surface area contributed by atoms with Crippen molar-refractivity contribution in [3.05, 3.63) is 64.4 Å². The molecule has 1 aliphatic heterocycles. The number of rotatable bonds is 1. The van der Waals surface area contributed by atoms with Crippen LogP contribution in [0.1, 0.15) is 17.4 Å². The van der Waals surface area contributed by atoms with Crippen molar-refractivity contribution in [2.45, 2.75) is 11.8 Å². The van der Waals surface area contributed by atoms with Crippen LogP contribution in [0.15, 0.2) is 58.9 Å². The summed E-state index contributed by atoms with van der Waals surface area (Å²) in [5, 5.41) is 0.249. The maximum absolute atomic E-state index is 6.35. The van der Waals surface area contributed by atoms with E-state index in [1.54, 1.807) is 0 Å². The quantitative estimate of drug-likeness (QED) is 0.669. The molecule has 3 heteroatoms. The van der Waals surface area contributed by atoms with Gasteiger partial charge in [0.25, 0.3) is 0 Å². The number of ether oxygens (including phenoxy) is 1. The van der Waals surface area contributed by atoms with Crippen LogP contribution in [0, 0.1) is 0 Å². The second kappa shape index (κ2) is 4.25. The van der Waals surface area contributed by atoms with Gasteiger partial charge in [-0.05, 0) is 18.1 Å². The molecule has 0 bridgehead atoms. The molecule has 1 nitrogen and oxygen atoms in total. The standard InChI is InChI=1S/C14H10Cl2O/c15-12-10-7-3-4-8-11(10)17-14(13(12)16)9-5-1-2-6-9/h1-5,7-8,12H,6H2. The second-order valence-electron chi connectivity index (χ2n) is 4.00. The van der Waals surface area contributed by atoms with Crippen molar-refractivity contribution in [3.63, 3.8) is 0 Å². The number of halogens is 2. The van der Waals surface area contributed by atoms with Crippen LogP contribution in [0.5, 0.6) is 5.75 Å². The van der Waals surface area contributed by atoms with E-state index < -0.39 is 0 Å². The monoisotopic (exact) mass is 264 g/mol. The summed E-state index contributed by atoms with van der Waals surface area (Å²) in [7, 11) is 0. The molecule has 1 atom stereocenters. The summed E-state index contributed by atoms with van der Waals surface area (Å²) in [4.78, 5) is 0. The predicted molar refractivity (Wildman–Crippen MR) is 70.4 cm³/mol. The topological polar surface area (TPSA) is 9.23 Å². The zero-order valence-electron chi connectivity index (χ0n) is 8.99. The summed E-state index contributed by atoms with van der Waals surface area (Å²) in [5.74, 6) is 1.50. The Morgan fingerprint density at radius 2 is 2.06 bits per heavy atom. The molecule has 1 heterocycles. The Labute approximate surface area is 110 Å². The molecular formula is C14H10Cl2O. The lowest BCUT2D eigenvalue weighted by atomic mass is 10.0. The summed E-state index contributed by atoms with van der Waals surface area (Å²) in [6, 6.07) is 7.72. The fourth-order valence-electron chi connectivity index (χ4n) is 2.03. The van der Waals surface area contributed by atoms with Gasteiger partial charge in [0.1, 0.15) is 16.9 Å². The lowest BCUT2D eigenvalue weighted by Gasteiger charge is -2.24. The number of fused-ring (bicyclic) bond motifs is 1. The minimum Gasteiger partial charge on any atom is -0.455 e. The smallest absolute Gasteiger partial charge is 0.147 e. The van der Waals surface area contributed by atoms with Crippen LogP contribution in [0.4, 0.5) is 0 Å². The van der Waals surface area contributed by atoms with Crippen LogP contribution in [-0.2, 0) is 0 Å². The third kappa shape index (κ3) is 1.80. The molecular weight excluding hydrogens is 255 g/mol. The third-order valence-corrected chi connectivity index (χ3v) is 3.86. The minimum absolute atomic E-state index is 0.321. The molecule has 1 aliphatic carbocycles. The van der Waals surface area contributed by atoms with E-state index in [0.717, 1.165) is 23.3 Å². The summed E-state index contributed by atoms with van der Waals surface area (Å²) in [6.07, 6.45) is 6.92. The van der Waals surface area contributed by atoms with Crippen LogP contribution in [0.3, 0.4) is 0 Å². The lowest BCUT2D eigenvalue weighted by molar-refractivity contribution is 0.414. The maximum atomic E-state index is 6.35. The van der Waals surface area contributed by atoms with Gasteiger partial charge in [0.05, 0.1) is 5.03 Å². The van der Waals surface area contributed by atoms with Crippen molar-refractivity contribution in [1.29, 1.82) is 0 Å². The Morgan fingerprint density at radius 3 is 2.82 bits per heavy atom. The zero-order chi connectivity index (χ0) is 11.8. The van der Waals surface area contributed by atoms with E-state index in [1.165, 1.54) is 0 Å². The van der Waals surface area contributed by atoms with Crippen molar-refractivity contribution >= 4 is 23.2 Å². The van der Waals surface area contributed by atoms with Crippen molar-refractivity contribution in [3.8, 4) is 5.75 Å². The molecule has 1 aromatic rings. The van der Waals surface area contributed by atoms with Crippen LogP contribution in [-0.4, -0.2) is 0 Å². The summed E-state index contributed by atoms with van der Waals surface area (Å²) in [6.45, 7) is 0. The molecule has 1 aromatic carbocycles. The van der Waals surface area contributed by atoms with Gasteiger partial charge in [-0.1, -0.05) is 48.0 Å². The molecule has 0 aromatic heterocycles. The molecule has 0 radical (unpaired) electrons. The first kappa shape index (κ1) is 10.9. The molecule has 0 spiro atoms. The molecule has 0 amide bonds. The van der Waals surface area contributed by atoms with Gasteiger partial charge in [-0.3, -0.25) is 0 Å². The largest absolute Gasteiger partial charge is 0.455 e. The van der Waals surface area contributed by atoms with E-state index in [-0.39, 0.29) is 5.38 Å². The number of alkyl halides is 1. The summed E-state index contributed by atoms with van der Waals surface area (Å²) in [5.41, 5.74) is 2.00. The minimum atomic E-state index is -0.321. The van der Waals surface area contributed by atoms with Crippen molar-refractivity contribution in [2.24, 2.45) is 0 Å². The van der Waals surface area contributed by atoms with Crippen LogP contribution in [0.2, 0.25) is 0 Å². The fourth-order valence-corrected chi connectivity index (χ4v) is 2.58. The van der Waals surface area contributed by atoms with E-state index >= 15 is 0 Å². The Balaban J connectivity index is 2.05. The fraction of sp³-hybridized carbons (Fsp3) is 0.143. The Morgan fingerprint density at radius 1 is 1.24 bits per heavy atom. The van der Waals surface area contributed by atoms with Gasteiger partial charge in [0.2, 0.25) is 0 Å². The number of benzene rings is 1. The second-order valence-corrected chi connectivity index (χ2v) is 4.85. The Bertz CT molecular complexity index is 555. The van der Waals surface area contributed by atoms with Crippen molar-refractivity contribution < 1.29 is 4.74 Å². The molecule has 0 fully saturated rings. The van der Waals surface area contributed by atoms with E-state index in [0.29, 0.717) is 10.8 Å². The van der Waals surface area contributed by atoms with E-state index in [2.05, 4.69) is 6.08 Å². The molecule has 86 valence electrons.